The minimum Gasteiger partial charge on any atom is -0.364 e. The summed E-state index contributed by atoms with van der Waals surface area (Å²) >= 11 is 0. The monoisotopic (exact) mass is 294 g/mol. The number of hydrogen-bond donors (Lipinski definition) is 1. The first-order valence-electron chi connectivity index (χ1n) is 7.76. The summed E-state index contributed by atoms with van der Waals surface area (Å²) < 4.78 is 1.77. The zero-order valence-corrected chi connectivity index (χ0v) is 13.5. The van der Waals surface area contributed by atoms with Crippen LogP contribution >= 0.6 is 0 Å². The number of nitrogens with zero attached hydrogens (tertiary/aromatic N) is 3. The third-order valence-corrected chi connectivity index (χ3v) is 4.61. The van der Waals surface area contributed by atoms with Crippen molar-refractivity contribution in [2.45, 2.75) is 52.9 Å². The Morgan fingerprint density at radius 3 is 2.57 bits per heavy atom. The third kappa shape index (κ3) is 3.36. The standard InChI is InChI=1S/C15H26N4O2/c1-11(2)9-15(7-5-6-8-15)10-16-13-14(19(20)21)17-12(3)18(13)4/h11,16H,5-10H2,1-4H3. The second-order valence-electron chi connectivity index (χ2n) is 6.81. The summed E-state index contributed by atoms with van der Waals surface area (Å²) in [6.07, 6.45) is 6.12. The predicted octanol–water partition coefficient (Wildman–Crippen LogP) is 3.66. The second-order valence-corrected chi connectivity index (χ2v) is 6.81. The smallest absolute Gasteiger partial charge is 0.364 e. The molecule has 1 N–H and O–H groups in total. The molecule has 0 unspecified atom stereocenters. The van der Waals surface area contributed by atoms with E-state index in [2.05, 4.69) is 24.1 Å². The van der Waals surface area contributed by atoms with E-state index in [1.807, 2.05) is 7.05 Å². The van der Waals surface area contributed by atoms with Crippen LogP contribution in [0.5, 0.6) is 0 Å². The van der Waals surface area contributed by atoms with Gasteiger partial charge in [0.2, 0.25) is 11.6 Å². The first-order valence-corrected chi connectivity index (χ1v) is 7.76. The molecule has 1 aliphatic rings. The van der Waals surface area contributed by atoms with Gasteiger partial charge in [-0.25, -0.2) is 0 Å². The molecule has 21 heavy (non-hydrogen) atoms. The van der Waals surface area contributed by atoms with Crippen LogP contribution in [0, 0.1) is 28.4 Å². The van der Waals surface area contributed by atoms with Crippen molar-refractivity contribution in [2.75, 3.05) is 11.9 Å². The zero-order valence-electron chi connectivity index (χ0n) is 13.5. The Morgan fingerprint density at radius 2 is 2.05 bits per heavy atom. The fourth-order valence-electron chi connectivity index (χ4n) is 3.63. The van der Waals surface area contributed by atoms with E-state index in [-0.39, 0.29) is 11.2 Å². The van der Waals surface area contributed by atoms with E-state index in [1.54, 1.807) is 11.5 Å². The van der Waals surface area contributed by atoms with Crippen LogP contribution in [-0.4, -0.2) is 21.0 Å². The highest BCUT2D eigenvalue weighted by atomic mass is 16.6. The maximum atomic E-state index is 11.1. The number of aromatic nitrogens is 2. The van der Waals surface area contributed by atoms with E-state index in [0.29, 0.717) is 17.6 Å². The van der Waals surface area contributed by atoms with Crippen LogP contribution in [0.2, 0.25) is 0 Å². The lowest BCUT2D eigenvalue weighted by Gasteiger charge is -2.31. The molecule has 0 aromatic carbocycles. The van der Waals surface area contributed by atoms with Gasteiger partial charge in [-0.05, 0) is 40.5 Å². The van der Waals surface area contributed by atoms with Crippen molar-refractivity contribution in [3.05, 3.63) is 15.9 Å². The molecule has 6 heteroatoms. The van der Waals surface area contributed by atoms with Crippen LogP contribution in [0.15, 0.2) is 0 Å². The number of nitro groups is 1. The summed E-state index contributed by atoms with van der Waals surface area (Å²) in [6.45, 7) is 7.08. The fourth-order valence-corrected chi connectivity index (χ4v) is 3.63. The Kier molecular flexibility index (Phi) is 4.54. The number of aryl methyl sites for hydroxylation is 1. The molecule has 1 aliphatic carbocycles. The molecule has 0 amide bonds. The molecule has 0 saturated heterocycles. The van der Waals surface area contributed by atoms with Crippen molar-refractivity contribution in [3.8, 4) is 0 Å². The third-order valence-electron chi connectivity index (χ3n) is 4.61. The molecule has 0 spiro atoms. The molecular weight excluding hydrogens is 268 g/mol. The summed E-state index contributed by atoms with van der Waals surface area (Å²) in [5.74, 6) is 1.78. The Hall–Kier alpha value is -1.59. The van der Waals surface area contributed by atoms with E-state index in [4.69, 9.17) is 0 Å². The Bertz CT molecular complexity index is 516. The average molecular weight is 294 g/mol. The van der Waals surface area contributed by atoms with Gasteiger partial charge in [0.15, 0.2) is 0 Å². The minimum absolute atomic E-state index is 0.0623. The van der Waals surface area contributed by atoms with Crippen molar-refractivity contribution >= 4 is 11.6 Å². The molecule has 2 rings (SSSR count). The van der Waals surface area contributed by atoms with Crippen LogP contribution in [0.25, 0.3) is 0 Å². The number of nitrogens with one attached hydrogen (secondary N) is 1. The number of rotatable bonds is 6. The van der Waals surface area contributed by atoms with E-state index in [0.717, 1.165) is 6.54 Å². The molecule has 1 fully saturated rings. The zero-order chi connectivity index (χ0) is 15.6. The first kappa shape index (κ1) is 15.8. The number of hydrogen-bond acceptors (Lipinski definition) is 4. The van der Waals surface area contributed by atoms with Gasteiger partial charge in [-0.3, -0.25) is 4.57 Å². The lowest BCUT2D eigenvalue weighted by atomic mass is 9.78. The fraction of sp³-hybridized carbons (Fsp3) is 0.800. The van der Waals surface area contributed by atoms with Crippen LogP contribution in [0.1, 0.15) is 51.8 Å². The van der Waals surface area contributed by atoms with Crippen LogP contribution in [0.4, 0.5) is 11.6 Å². The minimum atomic E-state index is -0.404. The summed E-state index contributed by atoms with van der Waals surface area (Å²) in [6, 6.07) is 0. The Morgan fingerprint density at radius 1 is 1.43 bits per heavy atom. The predicted molar refractivity (Wildman–Crippen MR) is 83.4 cm³/mol. The lowest BCUT2D eigenvalue weighted by molar-refractivity contribution is -0.388. The Balaban J connectivity index is 2.16. The van der Waals surface area contributed by atoms with E-state index < -0.39 is 4.92 Å². The second kappa shape index (κ2) is 6.03. The van der Waals surface area contributed by atoms with Crippen molar-refractivity contribution in [3.63, 3.8) is 0 Å². The maximum absolute atomic E-state index is 11.1. The van der Waals surface area contributed by atoms with Gasteiger partial charge in [-0.2, -0.15) is 0 Å². The summed E-state index contributed by atoms with van der Waals surface area (Å²) in [7, 11) is 1.82. The van der Waals surface area contributed by atoms with Crippen molar-refractivity contribution in [2.24, 2.45) is 18.4 Å². The van der Waals surface area contributed by atoms with Gasteiger partial charge in [-0.15, -0.1) is 0 Å². The van der Waals surface area contributed by atoms with Crippen LogP contribution < -0.4 is 5.32 Å². The molecule has 1 aromatic rings. The quantitative estimate of drug-likeness (QED) is 0.642. The van der Waals surface area contributed by atoms with Gasteiger partial charge in [-0.1, -0.05) is 26.7 Å². The van der Waals surface area contributed by atoms with Crippen molar-refractivity contribution in [1.29, 1.82) is 0 Å². The molecule has 1 aromatic heterocycles. The largest absolute Gasteiger partial charge is 0.406 e. The molecule has 6 nitrogen and oxygen atoms in total. The molecule has 1 saturated carbocycles. The van der Waals surface area contributed by atoms with E-state index >= 15 is 0 Å². The molecular formula is C15H26N4O2. The lowest BCUT2D eigenvalue weighted by Crippen LogP contribution is -2.29. The molecule has 0 radical (unpaired) electrons. The number of anilines is 1. The molecule has 0 aliphatic heterocycles. The summed E-state index contributed by atoms with van der Waals surface area (Å²) in [5.41, 5.74) is 0.278. The van der Waals surface area contributed by atoms with E-state index in [1.165, 1.54) is 32.1 Å². The molecule has 1 heterocycles. The normalized spacial score (nSPS) is 17.4. The highest BCUT2D eigenvalue weighted by Gasteiger charge is 2.35. The topological polar surface area (TPSA) is 73.0 Å². The number of imidazole rings is 1. The summed E-state index contributed by atoms with van der Waals surface area (Å²) in [5, 5.41) is 14.5. The van der Waals surface area contributed by atoms with Gasteiger partial charge in [0.1, 0.15) is 0 Å². The Labute approximate surface area is 126 Å². The van der Waals surface area contributed by atoms with Crippen LogP contribution in [-0.2, 0) is 7.05 Å². The molecule has 118 valence electrons. The van der Waals surface area contributed by atoms with Gasteiger partial charge in [0.05, 0.1) is 0 Å². The highest BCUT2D eigenvalue weighted by Crippen LogP contribution is 2.43. The van der Waals surface area contributed by atoms with Gasteiger partial charge in [0, 0.05) is 20.5 Å². The first-order chi connectivity index (χ1) is 9.84. The van der Waals surface area contributed by atoms with Gasteiger partial charge in [0.25, 0.3) is 0 Å². The van der Waals surface area contributed by atoms with Gasteiger partial charge < -0.3 is 15.4 Å². The van der Waals surface area contributed by atoms with Crippen molar-refractivity contribution < 1.29 is 4.92 Å². The molecule has 0 atom stereocenters. The van der Waals surface area contributed by atoms with Gasteiger partial charge >= 0.3 is 5.82 Å². The van der Waals surface area contributed by atoms with Crippen molar-refractivity contribution in [1.82, 2.24) is 9.55 Å². The SMILES string of the molecule is Cc1nc([N+](=O)[O-])c(NCC2(CC(C)C)CCCC2)n1C. The average Bonchev–Trinajstić information content (AvgIpc) is 2.94. The summed E-state index contributed by atoms with van der Waals surface area (Å²) in [4.78, 5) is 14.8. The van der Waals surface area contributed by atoms with Crippen LogP contribution in [0.3, 0.4) is 0 Å². The maximum Gasteiger partial charge on any atom is 0.406 e. The van der Waals surface area contributed by atoms with E-state index in [9.17, 15) is 10.1 Å². The molecule has 0 bridgehead atoms. The highest BCUT2D eigenvalue weighted by molar-refractivity contribution is 5.53.